The molecular weight excluding hydrogens is 579 g/mol. The Kier molecular flexibility index (Phi) is 9.72. The molecule has 0 radical (unpaired) electrons. The van der Waals surface area contributed by atoms with Crippen LogP contribution in [0.1, 0.15) is 37.6 Å². The Morgan fingerprint density at radius 2 is 1.69 bits per heavy atom. The summed E-state index contributed by atoms with van der Waals surface area (Å²) in [5.74, 6) is 0.866. The summed E-state index contributed by atoms with van der Waals surface area (Å²) >= 11 is 13.0. The Morgan fingerprint density at radius 1 is 0.952 bits per heavy atom. The van der Waals surface area contributed by atoms with Crippen molar-refractivity contribution in [3.05, 3.63) is 87.7 Å². The van der Waals surface area contributed by atoms with E-state index in [9.17, 15) is 9.59 Å². The highest BCUT2D eigenvalue weighted by molar-refractivity contribution is 6.45. The standard InChI is InChI=1S/C30H32Cl2N6O4/c1-18-6-8-20(9-7-18)38-25(15-23(37-38)30(2,3)4)36-29(40)34-21-10-11-22(28(32)27(21)31)42-16-19-12-13-33-24(14-19)35-26(39)17-41-5/h6-15H,16-17H2,1-5H3,(H,33,35,39)(H2,34,36,40). The van der Waals surface area contributed by atoms with E-state index in [0.29, 0.717) is 23.1 Å². The van der Waals surface area contributed by atoms with Crippen molar-refractivity contribution in [2.75, 3.05) is 29.7 Å². The first kappa shape index (κ1) is 30.8. The Labute approximate surface area is 254 Å². The van der Waals surface area contributed by atoms with E-state index in [0.717, 1.165) is 22.5 Å². The monoisotopic (exact) mass is 610 g/mol. The third-order valence-corrected chi connectivity index (χ3v) is 6.92. The maximum absolute atomic E-state index is 13.0. The second-order valence-corrected chi connectivity index (χ2v) is 11.3. The molecule has 0 fully saturated rings. The van der Waals surface area contributed by atoms with Gasteiger partial charge in [-0.2, -0.15) is 5.10 Å². The van der Waals surface area contributed by atoms with Crippen LogP contribution in [0.25, 0.3) is 5.69 Å². The van der Waals surface area contributed by atoms with E-state index < -0.39 is 6.03 Å². The molecule has 10 nitrogen and oxygen atoms in total. The molecule has 0 spiro atoms. The summed E-state index contributed by atoms with van der Waals surface area (Å²) in [7, 11) is 1.43. The first-order valence-corrected chi connectivity index (χ1v) is 13.8. The maximum Gasteiger partial charge on any atom is 0.324 e. The number of carbonyl (C=O) groups is 2. The van der Waals surface area contributed by atoms with E-state index in [1.165, 1.54) is 7.11 Å². The largest absolute Gasteiger partial charge is 0.487 e. The van der Waals surface area contributed by atoms with Crippen molar-refractivity contribution < 1.29 is 19.1 Å². The maximum atomic E-state index is 13.0. The average molecular weight is 612 g/mol. The van der Waals surface area contributed by atoms with Crippen LogP contribution in [0.2, 0.25) is 10.0 Å². The zero-order valence-corrected chi connectivity index (χ0v) is 25.4. The second-order valence-electron chi connectivity index (χ2n) is 10.5. The van der Waals surface area contributed by atoms with Gasteiger partial charge in [-0.3, -0.25) is 10.1 Å². The van der Waals surface area contributed by atoms with Crippen LogP contribution >= 0.6 is 23.2 Å². The smallest absolute Gasteiger partial charge is 0.324 e. The van der Waals surface area contributed by atoms with Crippen molar-refractivity contribution in [1.29, 1.82) is 0 Å². The Hall–Kier alpha value is -4.12. The van der Waals surface area contributed by atoms with Crippen molar-refractivity contribution in [2.24, 2.45) is 0 Å². The summed E-state index contributed by atoms with van der Waals surface area (Å²) in [4.78, 5) is 28.9. The van der Waals surface area contributed by atoms with Crippen LogP contribution in [-0.2, 0) is 21.6 Å². The highest BCUT2D eigenvalue weighted by atomic mass is 35.5. The molecule has 0 saturated heterocycles. The number of pyridine rings is 1. The van der Waals surface area contributed by atoms with E-state index in [-0.39, 0.29) is 34.6 Å². The topological polar surface area (TPSA) is 119 Å². The molecule has 0 unspecified atom stereocenters. The number of carbonyl (C=O) groups excluding carboxylic acids is 2. The van der Waals surface area contributed by atoms with Gasteiger partial charge in [-0.05, 0) is 48.9 Å². The molecule has 12 heteroatoms. The number of ether oxygens (including phenoxy) is 2. The molecule has 2 aromatic carbocycles. The lowest BCUT2D eigenvalue weighted by Crippen LogP contribution is -2.21. The molecule has 2 aromatic heterocycles. The first-order valence-electron chi connectivity index (χ1n) is 13.0. The molecule has 0 saturated carbocycles. The number of urea groups is 1. The fourth-order valence-electron chi connectivity index (χ4n) is 3.83. The van der Waals surface area contributed by atoms with Gasteiger partial charge in [-0.15, -0.1) is 0 Å². The number of rotatable bonds is 9. The van der Waals surface area contributed by atoms with E-state index in [1.807, 2.05) is 37.3 Å². The molecule has 3 N–H and O–H groups in total. The Balaban J connectivity index is 1.45. The lowest BCUT2D eigenvalue weighted by atomic mass is 9.92. The lowest BCUT2D eigenvalue weighted by Gasteiger charge is -2.14. The number of amides is 3. The predicted octanol–water partition coefficient (Wildman–Crippen LogP) is 6.99. The van der Waals surface area contributed by atoms with Crippen LogP contribution in [0.5, 0.6) is 5.75 Å². The Morgan fingerprint density at radius 3 is 2.38 bits per heavy atom. The number of methoxy groups -OCH3 is 1. The van der Waals surface area contributed by atoms with Crippen LogP contribution in [0.3, 0.4) is 0 Å². The summed E-state index contributed by atoms with van der Waals surface area (Å²) in [6.45, 7) is 8.23. The zero-order valence-electron chi connectivity index (χ0n) is 23.9. The molecule has 42 heavy (non-hydrogen) atoms. The van der Waals surface area contributed by atoms with Gasteiger partial charge >= 0.3 is 6.03 Å². The van der Waals surface area contributed by atoms with Gasteiger partial charge in [0.05, 0.1) is 22.1 Å². The van der Waals surface area contributed by atoms with E-state index >= 15 is 0 Å². The summed E-state index contributed by atoms with van der Waals surface area (Å²) in [5.41, 5.74) is 3.56. The molecule has 0 atom stereocenters. The minimum atomic E-state index is -0.518. The molecule has 0 aliphatic carbocycles. The van der Waals surface area contributed by atoms with Crippen LogP contribution in [-0.4, -0.2) is 40.4 Å². The zero-order chi connectivity index (χ0) is 30.4. The summed E-state index contributed by atoms with van der Waals surface area (Å²) in [6, 6.07) is 15.8. The molecule has 4 aromatic rings. The molecule has 3 amide bonds. The summed E-state index contributed by atoms with van der Waals surface area (Å²) in [6.07, 6.45) is 1.55. The van der Waals surface area contributed by atoms with Crippen LogP contribution < -0.4 is 20.7 Å². The fourth-order valence-corrected chi connectivity index (χ4v) is 4.26. The van der Waals surface area contributed by atoms with Gasteiger partial charge in [0, 0.05) is 24.8 Å². The number of nitrogens with one attached hydrogen (secondary N) is 3. The van der Waals surface area contributed by atoms with Crippen LogP contribution in [0, 0.1) is 6.92 Å². The minimum Gasteiger partial charge on any atom is -0.487 e. The predicted molar refractivity (Wildman–Crippen MR) is 165 cm³/mol. The molecule has 0 aliphatic heterocycles. The van der Waals surface area contributed by atoms with Crippen molar-refractivity contribution >= 4 is 52.5 Å². The van der Waals surface area contributed by atoms with Crippen molar-refractivity contribution in [1.82, 2.24) is 14.8 Å². The van der Waals surface area contributed by atoms with Gasteiger partial charge in [-0.25, -0.2) is 14.5 Å². The van der Waals surface area contributed by atoms with Crippen LogP contribution in [0.4, 0.5) is 22.1 Å². The summed E-state index contributed by atoms with van der Waals surface area (Å²) in [5, 5.41) is 13.3. The van der Waals surface area contributed by atoms with E-state index in [4.69, 9.17) is 37.8 Å². The van der Waals surface area contributed by atoms with Crippen LogP contribution in [0.15, 0.2) is 60.8 Å². The lowest BCUT2D eigenvalue weighted by molar-refractivity contribution is -0.119. The molecule has 220 valence electrons. The molecule has 0 bridgehead atoms. The number of anilines is 3. The van der Waals surface area contributed by atoms with Gasteiger partial charge in [0.15, 0.2) is 0 Å². The first-order chi connectivity index (χ1) is 19.9. The molecule has 2 heterocycles. The third-order valence-electron chi connectivity index (χ3n) is 6.05. The van der Waals surface area contributed by atoms with Gasteiger partial charge in [-0.1, -0.05) is 61.7 Å². The fraction of sp³-hybridized carbons (Fsp3) is 0.267. The number of hydrogen-bond donors (Lipinski definition) is 3. The van der Waals surface area contributed by atoms with Crippen molar-refractivity contribution in [3.63, 3.8) is 0 Å². The van der Waals surface area contributed by atoms with E-state index in [1.54, 1.807) is 35.1 Å². The van der Waals surface area contributed by atoms with E-state index in [2.05, 4.69) is 41.7 Å². The minimum absolute atomic E-state index is 0.0801. The summed E-state index contributed by atoms with van der Waals surface area (Å²) < 4.78 is 12.4. The third kappa shape index (κ3) is 7.79. The molecule has 4 rings (SSSR count). The number of aryl methyl sites for hydroxylation is 1. The number of aromatic nitrogens is 3. The van der Waals surface area contributed by atoms with Gasteiger partial charge in [0.25, 0.3) is 5.91 Å². The number of hydrogen-bond acceptors (Lipinski definition) is 6. The SMILES string of the molecule is COCC(=O)Nc1cc(COc2ccc(NC(=O)Nc3cc(C(C)(C)C)nn3-c3ccc(C)cc3)c(Cl)c2Cl)ccn1. The normalized spacial score (nSPS) is 11.2. The van der Waals surface area contributed by atoms with Gasteiger partial charge in [0.2, 0.25) is 0 Å². The molecule has 0 aliphatic rings. The van der Waals surface area contributed by atoms with Crippen molar-refractivity contribution in [3.8, 4) is 11.4 Å². The van der Waals surface area contributed by atoms with Gasteiger partial charge in [0.1, 0.15) is 35.6 Å². The average Bonchev–Trinajstić information content (AvgIpc) is 3.36. The van der Waals surface area contributed by atoms with Crippen molar-refractivity contribution in [2.45, 2.75) is 39.7 Å². The second kappa shape index (κ2) is 13.2. The highest BCUT2D eigenvalue weighted by Gasteiger charge is 2.22. The highest BCUT2D eigenvalue weighted by Crippen LogP contribution is 2.38. The number of halogens is 2. The number of benzene rings is 2. The molecular formula is C30H32Cl2N6O4. The van der Waals surface area contributed by atoms with Gasteiger partial charge < -0.3 is 20.1 Å². The quantitative estimate of drug-likeness (QED) is 0.188. The number of nitrogens with zero attached hydrogens (tertiary/aromatic N) is 3. The Bertz CT molecular complexity index is 1580.